The Bertz CT molecular complexity index is 440. The third-order valence-corrected chi connectivity index (χ3v) is 2.55. The van der Waals surface area contributed by atoms with Crippen LogP contribution in [0.15, 0.2) is 24.4 Å². The number of benzene rings is 1. The number of hydrogen-bond acceptors (Lipinski definition) is 3. The van der Waals surface area contributed by atoms with E-state index >= 15 is 0 Å². The number of carbonyl (C=O) groups is 1. The van der Waals surface area contributed by atoms with Gasteiger partial charge in [0, 0.05) is 28.8 Å². The molecule has 3 nitrogen and oxygen atoms in total. The molecule has 0 fully saturated rings. The highest BCUT2D eigenvalue weighted by Gasteiger charge is 2.17. The molecular formula is C11H11ClN2O. The zero-order valence-electron chi connectivity index (χ0n) is 8.30. The van der Waals surface area contributed by atoms with E-state index in [4.69, 9.17) is 11.6 Å². The summed E-state index contributed by atoms with van der Waals surface area (Å²) in [5, 5.41) is 0.632. The van der Waals surface area contributed by atoms with Crippen molar-refractivity contribution in [3.05, 3.63) is 35.0 Å². The molecule has 1 heterocycles. The third kappa shape index (κ3) is 1.83. The molecule has 1 aliphatic heterocycles. The van der Waals surface area contributed by atoms with Gasteiger partial charge in [0.1, 0.15) is 0 Å². The molecule has 0 saturated heterocycles. The summed E-state index contributed by atoms with van der Waals surface area (Å²) in [6.07, 6.45) is 2.16. The number of halogens is 1. The zero-order valence-corrected chi connectivity index (χ0v) is 9.06. The van der Waals surface area contributed by atoms with Crippen molar-refractivity contribution < 1.29 is 4.79 Å². The van der Waals surface area contributed by atoms with Crippen LogP contribution < -0.4 is 10.9 Å². The number of carbonyl (C=O) groups excluding carboxylic acids is 1. The lowest BCUT2D eigenvalue weighted by atomic mass is 9.99. The molecular weight excluding hydrogens is 212 g/mol. The minimum atomic E-state index is 0.104. The molecule has 0 bridgehead atoms. The summed E-state index contributed by atoms with van der Waals surface area (Å²) in [5.41, 5.74) is 8.21. The van der Waals surface area contributed by atoms with Crippen LogP contribution in [0.25, 0.3) is 5.57 Å². The maximum absolute atomic E-state index is 11.7. The summed E-state index contributed by atoms with van der Waals surface area (Å²) >= 11 is 5.90. The fourth-order valence-electron chi connectivity index (χ4n) is 1.53. The standard InChI is InChI=1S/C11H11ClN2O/c1-2-11(15)9-6-13-14-10-4-3-7(12)5-8(9)10/h3-6,13-14H,2H2,1H3. The molecule has 0 saturated carbocycles. The largest absolute Gasteiger partial charge is 0.307 e. The van der Waals surface area contributed by atoms with E-state index in [0.717, 1.165) is 11.3 Å². The van der Waals surface area contributed by atoms with Gasteiger partial charge in [0.25, 0.3) is 0 Å². The van der Waals surface area contributed by atoms with E-state index in [-0.39, 0.29) is 5.78 Å². The van der Waals surface area contributed by atoms with Crippen molar-refractivity contribution in [1.82, 2.24) is 5.43 Å². The highest BCUT2D eigenvalue weighted by molar-refractivity contribution is 6.31. The topological polar surface area (TPSA) is 41.1 Å². The lowest BCUT2D eigenvalue weighted by Gasteiger charge is -2.19. The third-order valence-electron chi connectivity index (χ3n) is 2.32. The number of hydrogen-bond donors (Lipinski definition) is 2. The zero-order chi connectivity index (χ0) is 10.8. The van der Waals surface area contributed by atoms with Crippen LogP contribution in [-0.4, -0.2) is 5.78 Å². The summed E-state index contributed by atoms with van der Waals surface area (Å²) < 4.78 is 0. The fourth-order valence-corrected chi connectivity index (χ4v) is 1.71. The quantitative estimate of drug-likeness (QED) is 0.808. The van der Waals surface area contributed by atoms with E-state index in [9.17, 15) is 4.79 Å². The van der Waals surface area contributed by atoms with E-state index in [1.807, 2.05) is 13.0 Å². The van der Waals surface area contributed by atoms with Crippen molar-refractivity contribution in [2.45, 2.75) is 13.3 Å². The second kappa shape index (κ2) is 3.95. The molecule has 0 atom stereocenters. The first-order chi connectivity index (χ1) is 7.22. The Labute approximate surface area is 93.1 Å². The van der Waals surface area contributed by atoms with Gasteiger partial charge in [-0.05, 0) is 18.2 Å². The van der Waals surface area contributed by atoms with E-state index in [2.05, 4.69) is 10.9 Å². The average molecular weight is 223 g/mol. The van der Waals surface area contributed by atoms with Gasteiger partial charge in [-0.15, -0.1) is 0 Å². The number of hydrazine groups is 1. The first-order valence-corrected chi connectivity index (χ1v) is 5.15. The summed E-state index contributed by atoms with van der Waals surface area (Å²) in [6, 6.07) is 5.43. The molecule has 1 aromatic carbocycles. The molecule has 0 aromatic heterocycles. The van der Waals surface area contributed by atoms with Gasteiger partial charge >= 0.3 is 0 Å². The van der Waals surface area contributed by atoms with Crippen molar-refractivity contribution in [3.63, 3.8) is 0 Å². The maximum Gasteiger partial charge on any atom is 0.164 e. The molecule has 1 aromatic rings. The first-order valence-electron chi connectivity index (χ1n) is 4.77. The molecule has 0 radical (unpaired) electrons. The number of anilines is 1. The Hall–Kier alpha value is -1.48. The average Bonchev–Trinajstić information content (AvgIpc) is 2.27. The van der Waals surface area contributed by atoms with Crippen LogP contribution in [0.1, 0.15) is 18.9 Å². The van der Waals surface area contributed by atoms with Gasteiger partial charge < -0.3 is 10.9 Å². The van der Waals surface area contributed by atoms with E-state index in [1.54, 1.807) is 18.3 Å². The predicted molar refractivity (Wildman–Crippen MR) is 61.5 cm³/mol. The molecule has 1 aliphatic rings. The number of nitrogens with one attached hydrogen (secondary N) is 2. The highest BCUT2D eigenvalue weighted by atomic mass is 35.5. The Balaban J connectivity index is 2.49. The Morgan fingerprint density at radius 2 is 2.27 bits per heavy atom. The second-order valence-electron chi connectivity index (χ2n) is 3.29. The van der Waals surface area contributed by atoms with Gasteiger partial charge in [-0.1, -0.05) is 18.5 Å². The molecule has 2 rings (SSSR count). The number of rotatable bonds is 2. The van der Waals surface area contributed by atoms with Gasteiger partial charge in [0.2, 0.25) is 0 Å². The molecule has 0 amide bonds. The van der Waals surface area contributed by atoms with Crippen LogP contribution in [-0.2, 0) is 4.79 Å². The van der Waals surface area contributed by atoms with Crippen LogP contribution in [0.3, 0.4) is 0 Å². The lowest BCUT2D eigenvalue weighted by molar-refractivity contribution is -0.113. The molecule has 0 spiro atoms. The number of ketones is 1. The van der Waals surface area contributed by atoms with Crippen molar-refractivity contribution in [2.75, 3.05) is 5.43 Å². The van der Waals surface area contributed by atoms with E-state index < -0.39 is 0 Å². The van der Waals surface area contributed by atoms with Crippen molar-refractivity contribution in [3.8, 4) is 0 Å². The van der Waals surface area contributed by atoms with Crippen LogP contribution >= 0.6 is 11.6 Å². The first kappa shape index (κ1) is 10.1. The maximum atomic E-state index is 11.7. The van der Waals surface area contributed by atoms with Gasteiger partial charge in [-0.3, -0.25) is 4.79 Å². The highest BCUT2D eigenvalue weighted by Crippen LogP contribution is 2.29. The monoisotopic (exact) mass is 222 g/mol. The minimum Gasteiger partial charge on any atom is -0.307 e. The van der Waals surface area contributed by atoms with E-state index in [0.29, 0.717) is 17.0 Å². The summed E-state index contributed by atoms with van der Waals surface area (Å²) in [4.78, 5) is 11.7. The van der Waals surface area contributed by atoms with Crippen molar-refractivity contribution in [2.24, 2.45) is 0 Å². The number of allylic oxidation sites excluding steroid dienone is 1. The van der Waals surface area contributed by atoms with Gasteiger partial charge in [0.05, 0.1) is 5.69 Å². The van der Waals surface area contributed by atoms with Gasteiger partial charge in [-0.25, -0.2) is 0 Å². The summed E-state index contributed by atoms with van der Waals surface area (Å²) in [6.45, 7) is 1.84. The minimum absolute atomic E-state index is 0.104. The van der Waals surface area contributed by atoms with Crippen molar-refractivity contribution >= 4 is 28.6 Å². The number of fused-ring (bicyclic) bond motifs is 1. The van der Waals surface area contributed by atoms with Crippen LogP contribution in [0.2, 0.25) is 5.02 Å². The SMILES string of the molecule is CCC(=O)C1=CNNc2ccc(Cl)cc21. The van der Waals surface area contributed by atoms with Crippen LogP contribution in [0.4, 0.5) is 5.69 Å². The van der Waals surface area contributed by atoms with Gasteiger partial charge in [0.15, 0.2) is 5.78 Å². The molecule has 78 valence electrons. The lowest BCUT2D eigenvalue weighted by Crippen LogP contribution is -2.22. The Morgan fingerprint density at radius 3 is 3.00 bits per heavy atom. The molecule has 15 heavy (non-hydrogen) atoms. The van der Waals surface area contributed by atoms with Crippen LogP contribution in [0, 0.1) is 0 Å². The summed E-state index contributed by atoms with van der Waals surface area (Å²) in [5.74, 6) is 0.104. The normalized spacial score (nSPS) is 13.3. The number of Topliss-reactive ketones (excluding diaryl/α,β-unsaturated/α-hetero) is 1. The van der Waals surface area contributed by atoms with Gasteiger partial charge in [-0.2, -0.15) is 0 Å². The molecule has 4 heteroatoms. The Kier molecular flexibility index (Phi) is 2.64. The van der Waals surface area contributed by atoms with Crippen LogP contribution in [0.5, 0.6) is 0 Å². The predicted octanol–water partition coefficient (Wildman–Crippen LogP) is 2.59. The second-order valence-corrected chi connectivity index (χ2v) is 3.73. The van der Waals surface area contributed by atoms with Crippen molar-refractivity contribution in [1.29, 1.82) is 0 Å². The molecule has 0 unspecified atom stereocenters. The fraction of sp³-hybridized carbons (Fsp3) is 0.182. The Morgan fingerprint density at radius 1 is 1.47 bits per heavy atom. The van der Waals surface area contributed by atoms with E-state index in [1.165, 1.54) is 0 Å². The smallest absolute Gasteiger partial charge is 0.164 e. The molecule has 0 aliphatic carbocycles. The summed E-state index contributed by atoms with van der Waals surface area (Å²) in [7, 11) is 0. The molecule has 2 N–H and O–H groups in total.